The van der Waals surface area contributed by atoms with Gasteiger partial charge in [-0.05, 0) is 25.8 Å². The topological polar surface area (TPSA) is 105 Å². The molecule has 0 aromatic heterocycles. The third-order valence-electron chi connectivity index (χ3n) is 4.08. The summed E-state index contributed by atoms with van der Waals surface area (Å²) in [6, 6.07) is 3.66. The summed E-state index contributed by atoms with van der Waals surface area (Å²) in [7, 11) is 1.44. The van der Waals surface area contributed by atoms with Crippen molar-refractivity contribution < 1.29 is 19.6 Å². The number of nitro benzene ring substituents is 1. The van der Waals surface area contributed by atoms with Crippen LogP contribution >= 0.6 is 0 Å². The molecule has 1 aromatic carbocycles. The van der Waals surface area contributed by atoms with Crippen LogP contribution in [0.1, 0.15) is 19.8 Å². The minimum absolute atomic E-state index is 0.116. The molecule has 1 heterocycles. The van der Waals surface area contributed by atoms with E-state index in [1.54, 1.807) is 6.92 Å². The molecule has 0 radical (unpaired) electrons. The quantitative estimate of drug-likeness (QED) is 0.626. The van der Waals surface area contributed by atoms with Gasteiger partial charge in [0.15, 0.2) is 0 Å². The molecule has 1 aliphatic heterocycles. The van der Waals surface area contributed by atoms with Gasteiger partial charge in [-0.25, -0.2) is 0 Å². The van der Waals surface area contributed by atoms with Gasteiger partial charge < -0.3 is 15.2 Å². The lowest BCUT2D eigenvalue weighted by Crippen LogP contribution is -2.47. The molecular weight excluding hydrogens is 302 g/mol. The second-order valence-electron chi connectivity index (χ2n) is 5.57. The minimum Gasteiger partial charge on any atom is -0.495 e. The van der Waals surface area contributed by atoms with E-state index in [0.29, 0.717) is 31.7 Å². The standard InChI is InChI=1S/C15H21N3O5/c1-10(17-7-5-12(19)6-8-17)15(20)16-13-9-11(18(21)22)3-4-14(13)23-2/h3-4,9-10,12,19H,5-8H2,1-2H3,(H,16,20)/t10-/m1/s1. The number of aliphatic hydroxyl groups excluding tert-OH is 1. The van der Waals surface area contributed by atoms with Gasteiger partial charge in [0.1, 0.15) is 5.75 Å². The zero-order valence-corrected chi connectivity index (χ0v) is 13.2. The molecule has 8 nitrogen and oxygen atoms in total. The number of carbonyl (C=O) groups excluding carboxylic acids is 1. The number of hydrogen-bond donors (Lipinski definition) is 2. The normalized spacial score (nSPS) is 17.5. The highest BCUT2D eigenvalue weighted by atomic mass is 16.6. The number of piperidine rings is 1. The summed E-state index contributed by atoms with van der Waals surface area (Å²) in [6.45, 7) is 3.06. The summed E-state index contributed by atoms with van der Waals surface area (Å²) in [4.78, 5) is 24.7. The Hall–Kier alpha value is -2.19. The zero-order valence-electron chi connectivity index (χ0n) is 13.2. The van der Waals surface area contributed by atoms with Crippen molar-refractivity contribution in [1.29, 1.82) is 0 Å². The van der Waals surface area contributed by atoms with Gasteiger partial charge in [0, 0.05) is 25.2 Å². The first-order valence-corrected chi connectivity index (χ1v) is 7.47. The molecule has 0 aliphatic carbocycles. The molecule has 2 rings (SSSR count). The Morgan fingerprint density at radius 3 is 2.70 bits per heavy atom. The molecule has 0 saturated carbocycles. The Labute approximate surface area is 134 Å². The number of anilines is 1. The maximum absolute atomic E-state index is 12.4. The van der Waals surface area contributed by atoms with Crippen LogP contribution in [0, 0.1) is 10.1 Å². The zero-order chi connectivity index (χ0) is 17.0. The Balaban J connectivity index is 2.09. The second-order valence-corrected chi connectivity index (χ2v) is 5.57. The first-order valence-electron chi connectivity index (χ1n) is 7.47. The first kappa shape index (κ1) is 17.2. The number of nitrogens with one attached hydrogen (secondary N) is 1. The number of rotatable bonds is 5. The number of non-ortho nitro benzene ring substituents is 1. The Morgan fingerprint density at radius 2 is 2.13 bits per heavy atom. The Bertz CT molecular complexity index is 584. The molecule has 126 valence electrons. The van der Waals surface area contributed by atoms with Gasteiger partial charge in [0.25, 0.3) is 5.69 Å². The van der Waals surface area contributed by atoms with Crippen LogP contribution in [0.3, 0.4) is 0 Å². The molecule has 23 heavy (non-hydrogen) atoms. The predicted molar refractivity (Wildman–Crippen MR) is 84.6 cm³/mol. The van der Waals surface area contributed by atoms with E-state index in [1.807, 2.05) is 4.90 Å². The first-order chi connectivity index (χ1) is 10.9. The van der Waals surface area contributed by atoms with Crippen molar-refractivity contribution in [2.45, 2.75) is 31.9 Å². The van der Waals surface area contributed by atoms with E-state index in [2.05, 4.69) is 5.32 Å². The lowest BCUT2D eigenvalue weighted by molar-refractivity contribution is -0.384. The summed E-state index contributed by atoms with van der Waals surface area (Å²) in [6.07, 6.45) is 0.966. The number of nitro groups is 1. The van der Waals surface area contributed by atoms with Crippen molar-refractivity contribution in [2.75, 3.05) is 25.5 Å². The third kappa shape index (κ3) is 4.17. The SMILES string of the molecule is COc1ccc([N+](=O)[O-])cc1NC(=O)[C@@H](C)N1CCC(O)CC1. The lowest BCUT2D eigenvalue weighted by atomic mass is 10.1. The molecule has 1 aliphatic rings. The molecule has 2 N–H and O–H groups in total. The highest BCUT2D eigenvalue weighted by Crippen LogP contribution is 2.29. The van der Waals surface area contributed by atoms with Crippen LogP contribution < -0.4 is 10.1 Å². The molecule has 1 atom stereocenters. The summed E-state index contributed by atoms with van der Waals surface area (Å²) in [5.41, 5.74) is 0.158. The molecule has 0 spiro atoms. The van der Waals surface area contributed by atoms with E-state index >= 15 is 0 Å². The molecule has 1 amide bonds. The number of carbonyl (C=O) groups is 1. The van der Waals surface area contributed by atoms with E-state index in [0.717, 1.165) is 0 Å². The number of nitrogens with zero attached hydrogens (tertiary/aromatic N) is 2. The maximum atomic E-state index is 12.4. The van der Waals surface area contributed by atoms with Crippen LogP contribution in [-0.2, 0) is 4.79 Å². The van der Waals surface area contributed by atoms with E-state index in [1.165, 1.54) is 25.3 Å². The third-order valence-corrected chi connectivity index (χ3v) is 4.08. The van der Waals surface area contributed by atoms with Crippen LogP contribution in [-0.4, -0.2) is 53.2 Å². The highest BCUT2D eigenvalue weighted by Gasteiger charge is 2.26. The van der Waals surface area contributed by atoms with Gasteiger partial charge in [-0.1, -0.05) is 0 Å². The van der Waals surface area contributed by atoms with Gasteiger partial charge in [-0.2, -0.15) is 0 Å². The van der Waals surface area contributed by atoms with Crippen molar-refractivity contribution in [1.82, 2.24) is 4.90 Å². The highest BCUT2D eigenvalue weighted by molar-refractivity contribution is 5.96. The summed E-state index contributed by atoms with van der Waals surface area (Å²) < 4.78 is 5.14. The molecule has 1 fully saturated rings. The monoisotopic (exact) mass is 323 g/mol. The van der Waals surface area contributed by atoms with Gasteiger partial charge in [-0.3, -0.25) is 19.8 Å². The molecule has 0 unspecified atom stereocenters. The summed E-state index contributed by atoms with van der Waals surface area (Å²) in [5.74, 6) is 0.102. The maximum Gasteiger partial charge on any atom is 0.271 e. The van der Waals surface area contributed by atoms with Gasteiger partial charge in [-0.15, -0.1) is 0 Å². The second kappa shape index (κ2) is 7.38. The van der Waals surface area contributed by atoms with Crippen molar-refractivity contribution in [3.8, 4) is 5.75 Å². The van der Waals surface area contributed by atoms with E-state index < -0.39 is 11.0 Å². The summed E-state index contributed by atoms with van der Waals surface area (Å²) >= 11 is 0. The number of amides is 1. The molecular formula is C15H21N3O5. The fraction of sp³-hybridized carbons (Fsp3) is 0.533. The average molecular weight is 323 g/mol. The number of methoxy groups -OCH3 is 1. The molecule has 1 aromatic rings. The number of hydrogen-bond acceptors (Lipinski definition) is 6. The van der Waals surface area contributed by atoms with E-state index in [4.69, 9.17) is 4.74 Å². The molecule has 8 heteroatoms. The van der Waals surface area contributed by atoms with Crippen LogP contribution in [0.2, 0.25) is 0 Å². The Kier molecular flexibility index (Phi) is 5.51. The van der Waals surface area contributed by atoms with E-state index in [9.17, 15) is 20.0 Å². The fourth-order valence-corrected chi connectivity index (χ4v) is 2.58. The van der Waals surface area contributed by atoms with E-state index in [-0.39, 0.29) is 23.4 Å². The number of likely N-dealkylation sites (tertiary alicyclic amines) is 1. The van der Waals surface area contributed by atoms with Gasteiger partial charge in [0.2, 0.25) is 5.91 Å². The number of benzene rings is 1. The van der Waals surface area contributed by atoms with Crippen LogP contribution in [0.15, 0.2) is 18.2 Å². The number of ether oxygens (including phenoxy) is 1. The van der Waals surface area contributed by atoms with Crippen molar-refractivity contribution in [3.63, 3.8) is 0 Å². The summed E-state index contributed by atoms with van der Waals surface area (Å²) in [5, 5.41) is 23.1. The Morgan fingerprint density at radius 1 is 1.48 bits per heavy atom. The number of aliphatic hydroxyl groups is 1. The average Bonchev–Trinajstić information content (AvgIpc) is 2.54. The van der Waals surface area contributed by atoms with Crippen LogP contribution in [0.5, 0.6) is 5.75 Å². The van der Waals surface area contributed by atoms with Crippen LogP contribution in [0.25, 0.3) is 0 Å². The lowest BCUT2D eigenvalue weighted by Gasteiger charge is -2.33. The van der Waals surface area contributed by atoms with Gasteiger partial charge >= 0.3 is 0 Å². The molecule has 0 bridgehead atoms. The molecule has 1 saturated heterocycles. The van der Waals surface area contributed by atoms with Crippen molar-refractivity contribution in [3.05, 3.63) is 28.3 Å². The minimum atomic E-state index is -0.523. The van der Waals surface area contributed by atoms with Crippen molar-refractivity contribution in [2.24, 2.45) is 0 Å². The fourth-order valence-electron chi connectivity index (χ4n) is 2.58. The van der Waals surface area contributed by atoms with Crippen molar-refractivity contribution >= 4 is 17.3 Å². The van der Waals surface area contributed by atoms with Crippen LogP contribution in [0.4, 0.5) is 11.4 Å². The smallest absolute Gasteiger partial charge is 0.271 e. The van der Waals surface area contributed by atoms with Gasteiger partial charge in [0.05, 0.1) is 29.9 Å². The predicted octanol–water partition coefficient (Wildman–Crippen LogP) is 1.39. The largest absolute Gasteiger partial charge is 0.495 e.